The minimum Gasteiger partial charge on any atom is -0.322 e. The predicted octanol–water partition coefficient (Wildman–Crippen LogP) is 5.80. The van der Waals surface area contributed by atoms with E-state index in [2.05, 4.69) is 23.3 Å². The van der Waals surface area contributed by atoms with Gasteiger partial charge in [-0.25, -0.2) is 0 Å². The van der Waals surface area contributed by atoms with Gasteiger partial charge in [0.2, 0.25) is 0 Å². The quantitative estimate of drug-likeness (QED) is 0.449. The van der Waals surface area contributed by atoms with Gasteiger partial charge >= 0.3 is 0 Å². The molecular weight excluding hydrogens is 406 g/mol. The zero-order valence-electron chi connectivity index (χ0n) is 17.2. The number of pyridine rings is 1. The number of hydrogen-bond donors (Lipinski definition) is 1. The fourth-order valence-corrected chi connectivity index (χ4v) is 4.13. The molecule has 4 nitrogen and oxygen atoms in total. The van der Waals surface area contributed by atoms with Gasteiger partial charge in [0, 0.05) is 46.9 Å². The highest BCUT2D eigenvalue weighted by atomic mass is 35.5. The van der Waals surface area contributed by atoms with Gasteiger partial charge in [0.1, 0.15) is 0 Å². The second-order valence-corrected chi connectivity index (χ2v) is 8.46. The van der Waals surface area contributed by atoms with E-state index in [1.807, 2.05) is 66.7 Å². The molecule has 0 aliphatic carbocycles. The third-order valence-corrected chi connectivity index (χ3v) is 5.99. The number of carbonyl (C=O) groups is 1. The molecule has 1 aliphatic rings. The van der Waals surface area contributed by atoms with Crippen LogP contribution < -0.4 is 5.32 Å². The van der Waals surface area contributed by atoms with E-state index in [1.165, 1.54) is 5.56 Å². The van der Waals surface area contributed by atoms with Crippen molar-refractivity contribution < 1.29 is 4.79 Å². The van der Waals surface area contributed by atoms with Gasteiger partial charge in [-0.2, -0.15) is 0 Å². The Kier molecular flexibility index (Phi) is 5.18. The summed E-state index contributed by atoms with van der Waals surface area (Å²) in [6.45, 7) is 1.96. The Labute approximate surface area is 186 Å². The Bertz CT molecular complexity index is 1270. The average molecular weight is 428 g/mol. The normalized spacial score (nSPS) is 13.7. The molecule has 1 N–H and O–H groups in total. The second-order valence-electron chi connectivity index (χ2n) is 8.03. The van der Waals surface area contributed by atoms with E-state index in [4.69, 9.17) is 16.6 Å². The molecular formula is C26H22ClN3O. The third-order valence-electron chi connectivity index (χ3n) is 5.74. The van der Waals surface area contributed by atoms with Crippen LogP contribution >= 0.6 is 11.6 Å². The van der Waals surface area contributed by atoms with Gasteiger partial charge in [0.25, 0.3) is 5.91 Å². The fraction of sp³-hybridized carbons (Fsp3) is 0.154. The van der Waals surface area contributed by atoms with Gasteiger partial charge in [-0.05, 0) is 66.2 Å². The van der Waals surface area contributed by atoms with Crippen LogP contribution in [0.15, 0.2) is 72.8 Å². The van der Waals surface area contributed by atoms with Crippen LogP contribution in [0.2, 0.25) is 5.02 Å². The van der Waals surface area contributed by atoms with Gasteiger partial charge in [-0.3, -0.25) is 9.78 Å². The smallest absolute Gasteiger partial charge is 0.255 e. The molecule has 1 aliphatic heterocycles. The number of fused-ring (bicyclic) bond motifs is 2. The molecule has 5 heteroatoms. The number of anilines is 1. The Balaban J connectivity index is 1.35. The first-order valence-electron chi connectivity index (χ1n) is 10.3. The third kappa shape index (κ3) is 4.18. The number of hydrogen-bond acceptors (Lipinski definition) is 3. The van der Waals surface area contributed by atoms with Gasteiger partial charge < -0.3 is 10.2 Å². The number of amides is 1. The summed E-state index contributed by atoms with van der Waals surface area (Å²) in [6.07, 6.45) is 0.957. The van der Waals surface area contributed by atoms with E-state index >= 15 is 0 Å². The van der Waals surface area contributed by atoms with E-state index in [1.54, 1.807) is 0 Å². The van der Waals surface area contributed by atoms with Crippen molar-refractivity contribution in [1.29, 1.82) is 0 Å². The molecule has 3 aromatic carbocycles. The lowest BCUT2D eigenvalue weighted by Crippen LogP contribution is -2.27. The van der Waals surface area contributed by atoms with Crippen LogP contribution in [0.5, 0.6) is 0 Å². The molecule has 154 valence electrons. The topological polar surface area (TPSA) is 45.2 Å². The molecule has 4 aromatic rings. The molecule has 0 atom stereocenters. The Morgan fingerprint density at radius 3 is 2.42 bits per heavy atom. The van der Waals surface area contributed by atoms with E-state index in [0.29, 0.717) is 10.6 Å². The van der Waals surface area contributed by atoms with Crippen LogP contribution in [-0.4, -0.2) is 29.4 Å². The fourth-order valence-electron chi connectivity index (χ4n) is 4.01. The first-order valence-corrected chi connectivity index (χ1v) is 10.7. The number of benzene rings is 3. The molecule has 1 amide bonds. The lowest BCUT2D eigenvalue weighted by Gasteiger charge is -2.24. The molecule has 0 bridgehead atoms. The van der Waals surface area contributed by atoms with E-state index in [-0.39, 0.29) is 5.91 Å². The van der Waals surface area contributed by atoms with Crippen molar-refractivity contribution in [3.8, 4) is 11.1 Å². The van der Waals surface area contributed by atoms with Gasteiger partial charge in [-0.1, -0.05) is 41.9 Å². The minimum atomic E-state index is -0.137. The van der Waals surface area contributed by atoms with Crippen molar-refractivity contribution in [1.82, 2.24) is 9.88 Å². The Morgan fingerprint density at radius 2 is 1.68 bits per heavy atom. The second kappa shape index (κ2) is 8.14. The SMILES string of the molecule is CN1CCc2nc3cc(NC(=O)c4ccc(-c5ccc(Cl)cc5)cc4)ccc3cc2C1. The van der Waals surface area contributed by atoms with Crippen molar-refractivity contribution in [2.75, 3.05) is 18.9 Å². The molecule has 0 unspecified atom stereocenters. The summed E-state index contributed by atoms with van der Waals surface area (Å²) in [7, 11) is 2.13. The van der Waals surface area contributed by atoms with Gasteiger partial charge in [0.15, 0.2) is 0 Å². The van der Waals surface area contributed by atoms with Gasteiger partial charge in [-0.15, -0.1) is 0 Å². The van der Waals surface area contributed by atoms with E-state index in [0.717, 1.165) is 52.9 Å². The average Bonchev–Trinajstić information content (AvgIpc) is 2.78. The van der Waals surface area contributed by atoms with Crippen molar-refractivity contribution in [3.05, 3.63) is 94.6 Å². The minimum absolute atomic E-state index is 0.137. The molecule has 31 heavy (non-hydrogen) atoms. The molecule has 0 fully saturated rings. The zero-order chi connectivity index (χ0) is 21.4. The summed E-state index contributed by atoms with van der Waals surface area (Å²) in [5, 5.41) is 4.80. The number of nitrogens with one attached hydrogen (secondary N) is 1. The number of likely N-dealkylation sites (N-methyl/N-ethyl adjacent to an activating group) is 1. The molecule has 2 heterocycles. The van der Waals surface area contributed by atoms with Crippen LogP contribution in [0.25, 0.3) is 22.0 Å². The molecule has 0 saturated carbocycles. The van der Waals surface area contributed by atoms with Crippen molar-refractivity contribution in [2.24, 2.45) is 0 Å². The van der Waals surface area contributed by atoms with E-state index < -0.39 is 0 Å². The number of halogens is 1. The summed E-state index contributed by atoms with van der Waals surface area (Å²) in [5.74, 6) is -0.137. The summed E-state index contributed by atoms with van der Waals surface area (Å²) in [6, 6.07) is 23.4. The Hall–Kier alpha value is -3.21. The maximum absolute atomic E-state index is 12.8. The molecule has 5 rings (SSSR count). The molecule has 1 aromatic heterocycles. The van der Waals surface area contributed by atoms with Crippen molar-refractivity contribution >= 4 is 34.1 Å². The number of aromatic nitrogens is 1. The summed E-state index contributed by atoms with van der Waals surface area (Å²) in [4.78, 5) is 19.9. The molecule has 0 saturated heterocycles. The molecule has 0 spiro atoms. The highest BCUT2D eigenvalue weighted by molar-refractivity contribution is 6.30. The highest BCUT2D eigenvalue weighted by Crippen LogP contribution is 2.25. The van der Waals surface area contributed by atoms with Crippen LogP contribution in [0.1, 0.15) is 21.6 Å². The maximum Gasteiger partial charge on any atom is 0.255 e. The van der Waals surface area contributed by atoms with Gasteiger partial charge in [0.05, 0.1) is 5.52 Å². The standard InChI is InChI=1S/C26H22ClN3O/c1-30-13-12-24-21(16-30)14-20-8-11-23(15-25(20)29-24)28-26(31)19-4-2-17(3-5-19)18-6-9-22(27)10-7-18/h2-11,14-15H,12-13,16H2,1H3,(H,28,31). The summed E-state index contributed by atoms with van der Waals surface area (Å²) < 4.78 is 0. The van der Waals surface area contributed by atoms with Crippen molar-refractivity contribution in [3.63, 3.8) is 0 Å². The highest BCUT2D eigenvalue weighted by Gasteiger charge is 2.15. The first kappa shape index (κ1) is 19.7. The number of carbonyl (C=O) groups excluding carboxylic acids is 1. The predicted molar refractivity (Wildman–Crippen MR) is 127 cm³/mol. The zero-order valence-corrected chi connectivity index (χ0v) is 18.0. The monoisotopic (exact) mass is 427 g/mol. The van der Waals surface area contributed by atoms with Crippen molar-refractivity contribution in [2.45, 2.75) is 13.0 Å². The number of rotatable bonds is 3. The largest absolute Gasteiger partial charge is 0.322 e. The maximum atomic E-state index is 12.8. The van der Waals surface area contributed by atoms with E-state index in [9.17, 15) is 4.79 Å². The van der Waals surface area contributed by atoms with Crippen LogP contribution in [0.3, 0.4) is 0 Å². The van der Waals surface area contributed by atoms with Crippen LogP contribution in [0, 0.1) is 0 Å². The summed E-state index contributed by atoms with van der Waals surface area (Å²) >= 11 is 5.96. The van der Waals surface area contributed by atoms with Crippen LogP contribution in [-0.2, 0) is 13.0 Å². The lowest BCUT2D eigenvalue weighted by atomic mass is 10.0. The molecule has 0 radical (unpaired) electrons. The Morgan fingerprint density at radius 1 is 0.968 bits per heavy atom. The first-order chi connectivity index (χ1) is 15.0. The number of nitrogens with zero attached hydrogens (tertiary/aromatic N) is 2. The lowest BCUT2D eigenvalue weighted by molar-refractivity contribution is 0.102. The summed E-state index contributed by atoms with van der Waals surface area (Å²) in [5.41, 5.74) is 6.83. The van der Waals surface area contributed by atoms with Crippen LogP contribution in [0.4, 0.5) is 5.69 Å².